The van der Waals surface area contributed by atoms with E-state index in [-0.39, 0.29) is 35.6 Å². The Morgan fingerprint density at radius 1 is 1.17 bits per heavy atom. The average molecular weight is 494 g/mol. The first-order valence-corrected chi connectivity index (χ1v) is 12.9. The molecule has 3 atom stereocenters. The van der Waals surface area contributed by atoms with Gasteiger partial charge in [0.25, 0.3) is 0 Å². The molecular formula is C27H36FN7O. The Balaban J connectivity index is 1.29. The van der Waals surface area contributed by atoms with Crippen LogP contribution in [0.25, 0.3) is 0 Å². The molecule has 0 unspecified atom stereocenters. The number of halogens is 1. The Bertz CT molecular complexity index is 1130. The van der Waals surface area contributed by atoms with Crippen LogP contribution in [0.1, 0.15) is 31.7 Å². The molecule has 1 aliphatic heterocycles. The van der Waals surface area contributed by atoms with Crippen LogP contribution < -0.4 is 20.9 Å². The van der Waals surface area contributed by atoms with E-state index in [2.05, 4.69) is 67.9 Å². The summed E-state index contributed by atoms with van der Waals surface area (Å²) in [6.07, 6.45) is 7.98. The lowest BCUT2D eigenvalue weighted by molar-refractivity contribution is -0.126. The lowest BCUT2D eigenvalue weighted by Crippen LogP contribution is -2.46. The summed E-state index contributed by atoms with van der Waals surface area (Å²) in [5.41, 5.74) is 3.24. The zero-order valence-electron chi connectivity index (χ0n) is 21.3. The Morgan fingerprint density at radius 2 is 1.94 bits per heavy atom. The van der Waals surface area contributed by atoms with Crippen LogP contribution in [0, 0.1) is 24.6 Å². The van der Waals surface area contributed by atoms with Crippen LogP contribution in [-0.2, 0) is 4.79 Å². The predicted octanol–water partition coefficient (Wildman–Crippen LogP) is 3.69. The predicted molar refractivity (Wildman–Crippen MR) is 141 cm³/mol. The molecule has 3 N–H and O–H groups in total. The molecule has 0 bridgehead atoms. The van der Waals surface area contributed by atoms with Gasteiger partial charge < -0.3 is 25.8 Å². The molecule has 8 nitrogen and oxygen atoms in total. The van der Waals surface area contributed by atoms with Gasteiger partial charge in [-0.3, -0.25) is 4.79 Å². The van der Waals surface area contributed by atoms with Crippen molar-refractivity contribution in [2.75, 3.05) is 48.8 Å². The van der Waals surface area contributed by atoms with Crippen LogP contribution in [0.3, 0.4) is 0 Å². The normalized spacial score (nSPS) is 24.4. The molecule has 36 heavy (non-hydrogen) atoms. The van der Waals surface area contributed by atoms with E-state index in [1.807, 2.05) is 19.1 Å². The maximum atomic E-state index is 14.7. The summed E-state index contributed by atoms with van der Waals surface area (Å²) in [6.45, 7) is 8.25. The van der Waals surface area contributed by atoms with E-state index in [9.17, 15) is 9.18 Å². The third-order valence-corrected chi connectivity index (χ3v) is 7.42. The fourth-order valence-electron chi connectivity index (χ4n) is 5.14. The standard InChI is InChI=1S/C27H36FN7O/c1-17-5-4-6-22(24(17)26(36)30-19-7-8-19)32-25-21(28)16-29-27(33-25)31-20-9-10-23(18(2)15-20)35-13-11-34(3)12-14-35/h4-5,9-10,15-17,19,22,24H,6-8,11-14H2,1-3H3,(H,30,36)(H2,29,31,32,33)/t17-,22+,24-/m1/s1. The van der Waals surface area contributed by atoms with E-state index >= 15 is 0 Å². The van der Waals surface area contributed by atoms with Crippen molar-refractivity contribution in [3.8, 4) is 0 Å². The van der Waals surface area contributed by atoms with Crippen LogP contribution in [-0.4, -0.2) is 66.1 Å². The largest absolute Gasteiger partial charge is 0.369 e. The summed E-state index contributed by atoms with van der Waals surface area (Å²) in [6, 6.07) is 6.23. The maximum Gasteiger partial charge on any atom is 0.229 e. The number of carbonyl (C=O) groups is 1. The lowest BCUT2D eigenvalue weighted by atomic mass is 9.80. The molecule has 1 saturated heterocycles. The van der Waals surface area contributed by atoms with Gasteiger partial charge >= 0.3 is 0 Å². The second kappa shape index (κ2) is 10.4. The Kier molecular flexibility index (Phi) is 7.09. The number of nitrogens with zero attached hydrogens (tertiary/aromatic N) is 4. The van der Waals surface area contributed by atoms with Gasteiger partial charge in [-0.05, 0) is 62.9 Å². The lowest BCUT2D eigenvalue weighted by Gasteiger charge is -2.35. The molecule has 2 fully saturated rings. The van der Waals surface area contributed by atoms with E-state index in [4.69, 9.17) is 0 Å². The van der Waals surface area contributed by atoms with Gasteiger partial charge in [0, 0.05) is 49.6 Å². The second-order valence-electron chi connectivity index (χ2n) is 10.4. The molecule has 1 aromatic carbocycles. The quantitative estimate of drug-likeness (QED) is 0.507. The smallest absolute Gasteiger partial charge is 0.229 e. The number of carbonyl (C=O) groups excluding carboxylic acids is 1. The summed E-state index contributed by atoms with van der Waals surface area (Å²) in [7, 11) is 2.15. The summed E-state index contributed by atoms with van der Waals surface area (Å²) >= 11 is 0. The zero-order chi connectivity index (χ0) is 25.2. The van der Waals surface area contributed by atoms with Gasteiger partial charge in [0.2, 0.25) is 11.9 Å². The fraction of sp³-hybridized carbons (Fsp3) is 0.519. The monoisotopic (exact) mass is 493 g/mol. The van der Waals surface area contributed by atoms with Gasteiger partial charge in [-0.1, -0.05) is 19.1 Å². The van der Waals surface area contributed by atoms with Crippen molar-refractivity contribution in [2.24, 2.45) is 11.8 Å². The van der Waals surface area contributed by atoms with Gasteiger partial charge in [0.15, 0.2) is 11.6 Å². The third-order valence-electron chi connectivity index (χ3n) is 7.42. The molecule has 1 amide bonds. The van der Waals surface area contributed by atoms with Crippen molar-refractivity contribution in [1.29, 1.82) is 0 Å². The number of likely N-dealkylation sites (N-methyl/N-ethyl adjacent to an activating group) is 1. The minimum Gasteiger partial charge on any atom is -0.369 e. The molecule has 2 heterocycles. The summed E-state index contributed by atoms with van der Waals surface area (Å²) in [5.74, 6) is -0.328. The number of piperazine rings is 1. The first-order valence-electron chi connectivity index (χ1n) is 12.9. The molecule has 3 aliphatic rings. The first-order chi connectivity index (χ1) is 17.4. The van der Waals surface area contributed by atoms with Crippen molar-refractivity contribution >= 4 is 29.0 Å². The molecule has 1 aromatic heterocycles. The van der Waals surface area contributed by atoms with Crippen molar-refractivity contribution in [3.05, 3.63) is 47.9 Å². The SMILES string of the molecule is Cc1cc(Nc2ncc(F)c(N[C@H]3CC=C[C@@H](C)[C@H]3C(=O)NC3CC3)n2)ccc1N1CCN(C)CC1. The Morgan fingerprint density at radius 3 is 2.67 bits per heavy atom. The van der Waals surface area contributed by atoms with Crippen molar-refractivity contribution < 1.29 is 9.18 Å². The molecule has 2 aromatic rings. The number of rotatable bonds is 7. The Labute approximate surface area is 212 Å². The minimum atomic E-state index is -0.536. The van der Waals surface area contributed by atoms with Crippen LogP contribution in [0.4, 0.5) is 27.5 Å². The van der Waals surface area contributed by atoms with E-state index in [1.165, 1.54) is 11.9 Å². The number of hydrogen-bond donors (Lipinski definition) is 3. The molecule has 5 rings (SSSR count). The molecule has 192 valence electrons. The van der Waals surface area contributed by atoms with Crippen LogP contribution >= 0.6 is 0 Å². The number of nitrogens with one attached hydrogen (secondary N) is 3. The van der Waals surface area contributed by atoms with Crippen molar-refractivity contribution in [2.45, 2.75) is 45.2 Å². The van der Waals surface area contributed by atoms with E-state index in [0.717, 1.165) is 50.3 Å². The zero-order valence-corrected chi connectivity index (χ0v) is 21.3. The number of benzene rings is 1. The van der Waals surface area contributed by atoms with Crippen LogP contribution in [0.15, 0.2) is 36.5 Å². The second-order valence-corrected chi connectivity index (χ2v) is 10.4. The summed E-state index contributed by atoms with van der Waals surface area (Å²) in [4.78, 5) is 26.2. The van der Waals surface area contributed by atoms with Crippen molar-refractivity contribution in [1.82, 2.24) is 20.2 Å². The van der Waals surface area contributed by atoms with Gasteiger partial charge in [0.05, 0.1) is 12.1 Å². The van der Waals surface area contributed by atoms with Crippen LogP contribution in [0.5, 0.6) is 0 Å². The highest BCUT2D eigenvalue weighted by Crippen LogP contribution is 2.31. The number of aromatic nitrogens is 2. The minimum absolute atomic E-state index is 0.0237. The van der Waals surface area contributed by atoms with Gasteiger partial charge in [0.1, 0.15) is 0 Å². The third kappa shape index (κ3) is 5.61. The molecule has 0 radical (unpaired) electrons. The van der Waals surface area contributed by atoms with Gasteiger partial charge in [-0.25, -0.2) is 9.37 Å². The molecule has 9 heteroatoms. The highest BCUT2D eigenvalue weighted by Gasteiger charge is 2.37. The number of allylic oxidation sites excluding steroid dienone is 1. The van der Waals surface area contributed by atoms with E-state index in [0.29, 0.717) is 12.4 Å². The first kappa shape index (κ1) is 24.5. The molecular weight excluding hydrogens is 457 g/mol. The van der Waals surface area contributed by atoms with Gasteiger partial charge in [-0.15, -0.1) is 0 Å². The number of aryl methyl sites for hydroxylation is 1. The molecule has 1 saturated carbocycles. The van der Waals surface area contributed by atoms with Crippen molar-refractivity contribution in [3.63, 3.8) is 0 Å². The maximum absolute atomic E-state index is 14.7. The Hall–Kier alpha value is -3.20. The topological polar surface area (TPSA) is 85.4 Å². The molecule has 0 spiro atoms. The average Bonchev–Trinajstić information content (AvgIpc) is 3.66. The summed E-state index contributed by atoms with van der Waals surface area (Å²) < 4.78 is 14.7. The number of hydrogen-bond acceptors (Lipinski definition) is 7. The highest BCUT2D eigenvalue weighted by atomic mass is 19.1. The van der Waals surface area contributed by atoms with E-state index < -0.39 is 5.82 Å². The number of amides is 1. The molecule has 2 aliphatic carbocycles. The van der Waals surface area contributed by atoms with Gasteiger partial charge in [-0.2, -0.15) is 4.98 Å². The van der Waals surface area contributed by atoms with E-state index in [1.54, 1.807) is 0 Å². The van der Waals surface area contributed by atoms with Crippen LogP contribution in [0.2, 0.25) is 0 Å². The summed E-state index contributed by atoms with van der Waals surface area (Å²) in [5, 5.41) is 9.53. The highest BCUT2D eigenvalue weighted by molar-refractivity contribution is 5.81. The number of anilines is 4. The fourth-order valence-corrected chi connectivity index (χ4v) is 5.14.